The molecule has 0 fully saturated rings. The van der Waals surface area contributed by atoms with Gasteiger partial charge < -0.3 is 4.90 Å². The van der Waals surface area contributed by atoms with Crippen LogP contribution >= 0.6 is 11.8 Å². The average molecular weight is 256 g/mol. The molecule has 0 aromatic carbocycles. The maximum Gasteiger partial charge on any atom is 0.232 e. The zero-order chi connectivity index (χ0) is 13.1. The van der Waals surface area contributed by atoms with Gasteiger partial charge in [0.1, 0.15) is 5.82 Å². The number of carbonyl (C=O) groups excluding carboxylic acids is 1. The standard InChI is InChI=1S/C11H20N4OS/c1-8-12-9(14-13-8)6-15(5)10(16)7-17-11(2,3)4/h6-7H2,1-5H3,(H,12,13,14). The van der Waals surface area contributed by atoms with Crippen molar-refractivity contribution >= 4 is 17.7 Å². The van der Waals surface area contributed by atoms with Gasteiger partial charge in [-0.1, -0.05) is 20.8 Å². The average Bonchev–Trinajstić information content (AvgIpc) is 2.59. The van der Waals surface area contributed by atoms with Crippen LogP contribution in [0.25, 0.3) is 0 Å². The van der Waals surface area contributed by atoms with Crippen LogP contribution in [0.2, 0.25) is 0 Å². The van der Waals surface area contributed by atoms with Crippen molar-refractivity contribution in [2.75, 3.05) is 12.8 Å². The van der Waals surface area contributed by atoms with Crippen molar-refractivity contribution in [2.24, 2.45) is 0 Å². The summed E-state index contributed by atoms with van der Waals surface area (Å²) in [7, 11) is 1.78. The van der Waals surface area contributed by atoms with Crippen molar-refractivity contribution in [1.82, 2.24) is 20.1 Å². The van der Waals surface area contributed by atoms with Crippen LogP contribution in [0.15, 0.2) is 0 Å². The summed E-state index contributed by atoms with van der Waals surface area (Å²) in [4.78, 5) is 17.7. The molecule has 96 valence electrons. The fourth-order valence-corrected chi connectivity index (χ4v) is 1.93. The van der Waals surface area contributed by atoms with Crippen molar-refractivity contribution in [3.63, 3.8) is 0 Å². The number of aromatic amines is 1. The minimum atomic E-state index is 0.104. The number of amides is 1. The molecule has 1 heterocycles. The molecule has 1 aromatic rings. The van der Waals surface area contributed by atoms with Crippen molar-refractivity contribution in [3.8, 4) is 0 Å². The fourth-order valence-electron chi connectivity index (χ4n) is 1.15. The third-order valence-corrected chi connectivity index (χ3v) is 3.33. The first-order valence-electron chi connectivity index (χ1n) is 5.54. The Balaban J connectivity index is 2.42. The molecular formula is C11H20N4OS. The van der Waals surface area contributed by atoms with E-state index in [9.17, 15) is 4.79 Å². The Morgan fingerprint density at radius 1 is 1.47 bits per heavy atom. The number of aryl methyl sites for hydroxylation is 1. The highest BCUT2D eigenvalue weighted by Gasteiger charge is 2.16. The van der Waals surface area contributed by atoms with Gasteiger partial charge in [0.05, 0.1) is 12.3 Å². The van der Waals surface area contributed by atoms with Crippen LogP contribution in [0, 0.1) is 6.92 Å². The molecule has 0 spiro atoms. The van der Waals surface area contributed by atoms with Crippen molar-refractivity contribution in [3.05, 3.63) is 11.6 Å². The van der Waals surface area contributed by atoms with Gasteiger partial charge in [-0.25, -0.2) is 4.98 Å². The Labute approximate surface area is 106 Å². The normalized spacial score (nSPS) is 11.6. The molecule has 1 amide bonds. The summed E-state index contributed by atoms with van der Waals surface area (Å²) in [6, 6.07) is 0. The van der Waals surface area contributed by atoms with Gasteiger partial charge in [-0.05, 0) is 6.92 Å². The van der Waals surface area contributed by atoms with Gasteiger partial charge in [-0.15, -0.1) is 11.8 Å². The Bertz CT molecular complexity index is 383. The second-order valence-electron chi connectivity index (χ2n) is 4.99. The molecule has 1 N–H and O–H groups in total. The molecule has 1 rings (SSSR count). The molecule has 6 heteroatoms. The van der Waals surface area contributed by atoms with E-state index in [1.54, 1.807) is 23.7 Å². The quantitative estimate of drug-likeness (QED) is 0.889. The van der Waals surface area contributed by atoms with Crippen LogP contribution in [-0.4, -0.2) is 43.5 Å². The van der Waals surface area contributed by atoms with Crippen LogP contribution < -0.4 is 0 Å². The molecule has 0 saturated carbocycles. The largest absolute Gasteiger partial charge is 0.337 e. The van der Waals surface area contributed by atoms with E-state index in [0.717, 1.165) is 5.82 Å². The number of hydrogen-bond donors (Lipinski definition) is 1. The van der Waals surface area contributed by atoms with Crippen molar-refractivity contribution in [1.29, 1.82) is 0 Å². The lowest BCUT2D eigenvalue weighted by Gasteiger charge is -2.20. The van der Waals surface area contributed by atoms with Crippen LogP contribution in [0.3, 0.4) is 0 Å². The minimum absolute atomic E-state index is 0.104. The van der Waals surface area contributed by atoms with Crippen LogP contribution in [0.1, 0.15) is 32.4 Å². The van der Waals surface area contributed by atoms with Crippen molar-refractivity contribution in [2.45, 2.75) is 39.0 Å². The number of nitrogens with zero attached hydrogens (tertiary/aromatic N) is 3. The molecule has 0 bridgehead atoms. The summed E-state index contributed by atoms with van der Waals surface area (Å²) in [5.74, 6) is 2.01. The van der Waals surface area contributed by atoms with Gasteiger partial charge in [0.15, 0.2) is 5.82 Å². The SMILES string of the molecule is Cc1nc(CN(C)C(=O)CSC(C)(C)C)n[nH]1. The van der Waals surface area contributed by atoms with E-state index in [1.165, 1.54) is 0 Å². The highest BCUT2D eigenvalue weighted by Crippen LogP contribution is 2.23. The molecule has 17 heavy (non-hydrogen) atoms. The fraction of sp³-hybridized carbons (Fsp3) is 0.727. The van der Waals surface area contributed by atoms with Gasteiger partial charge in [0, 0.05) is 11.8 Å². The number of H-pyrrole nitrogens is 1. The minimum Gasteiger partial charge on any atom is -0.337 e. The first kappa shape index (κ1) is 14.0. The number of rotatable bonds is 4. The lowest BCUT2D eigenvalue weighted by molar-refractivity contribution is -0.127. The summed E-state index contributed by atoms with van der Waals surface area (Å²) < 4.78 is 0.109. The first-order chi connectivity index (χ1) is 7.78. The van der Waals surface area contributed by atoms with E-state index in [0.29, 0.717) is 18.1 Å². The van der Waals surface area contributed by atoms with E-state index >= 15 is 0 Å². The Morgan fingerprint density at radius 2 is 2.12 bits per heavy atom. The first-order valence-corrected chi connectivity index (χ1v) is 6.52. The van der Waals surface area contributed by atoms with Crippen LogP contribution in [-0.2, 0) is 11.3 Å². The van der Waals surface area contributed by atoms with Crippen LogP contribution in [0.5, 0.6) is 0 Å². The van der Waals surface area contributed by atoms with Gasteiger partial charge in [-0.2, -0.15) is 5.10 Å². The highest BCUT2D eigenvalue weighted by molar-refractivity contribution is 8.01. The number of thioether (sulfide) groups is 1. The van der Waals surface area contributed by atoms with Gasteiger partial charge in [0.25, 0.3) is 0 Å². The molecule has 0 unspecified atom stereocenters. The Morgan fingerprint density at radius 3 is 2.59 bits per heavy atom. The monoisotopic (exact) mass is 256 g/mol. The maximum atomic E-state index is 11.8. The molecule has 1 aromatic heterocycles. The van der Waals surface area contributed by atoms with E-state index in [2.05, 4.69) is 36.0 Å². The molecular weight excluding hydrogens is 236 g/mol. The summed E-state index contributed by atoms with van der Waals surface area (Å²) >= 11 is 1.65. The molecule has 0 aliphatic rings. The number of aromatic nitrogens is 3. The summed E-state index contributed by atoms with van der Waals surface area (Å²) in [6.07, 6.45) is 0. The Hall–Kier alpha value is -1.04. The number of carbonyl (C=O) groups is 1. The molecule has 0 atom stereocenters. The smallest absolute Gasteiger partial charge is 0.232 e. The van der Waals surface area contributed by atoms with E-state index < -0.39 is 0 Å². The van der Waals surface area contributed by atoms with E-state index in [-0.39, 0.29) is 10.7 Å². The molecule has 0 aliphatic heterocycles. The predicted molar refractivity (Wildman–Crippen MR) is 69.8 cm³/mol. The predicted octanol–water partition coefficient (Wildman–Crippen LogP) is 1.60. The molecule has 0 radical (unpaired) electrons. The summed E-state index contributed by atoms with van der Waals surface area (Å²) in [6.45, 7) is 8.60. The second kappa shape index (κ2) is 5.53. The topological polar surface area (TPSA) is 61.9 Å². The summed E-state index contributed by atoms with van der Waals surface area (Å²) in [5, 5.41) is 6.78. The number of hydrogen-bond acceptors (Lipinski definition) is 4. The molecule has 0 aliphatic carbocycles. The molecule has 5 nitrogen and oxygen atoms in total. The van der Waals surface area contributed by atoms with Crippen LogP contribution in [0.4, 0.5) is 0 Å². The van der Waals surface area contributed by atoms with E-state index in [4.69, 9.17) is 0 Å². The maximum absolute atomic E-state index is 11.8. The molecule has 0 saturated heterocycles. The number of nitrogens with one attached hydrogen (secondary N) is 1. The van der Waals surface area contributed by atoms with E-state index in [1.807, 2.05) is 6.92 Å². The highest BCUT2D eigenvalue weighted by atomic mass is 32.2. The third-order valence-electron chi connectivity index (χ3n) is 2.08. The van der Waals surface area contributed by atoms with Crippen molar-refractivity contribution < 1.29 is 4.79 Å². The lowest BCUT2D eigenvalue weighted by atomic mass is 10.3. The van der Waals surface area contributed by atoms with Gasteiger partial charge in [-0.3, -0.25) is 9.89 Å². The second-order valence-corrected chi connectivity index (χ2v) is 6.79. The summed E-state index contributed by atoms with van der Waals surface area (Å²) in [5.41, 5.74) is 0. The Kier molecular flexibility index (Phi) is 4.56. The zero-order valence-corrected chi connectivity index (χ0v) is 11.9. The lowest BCUT2D eigenvalue weighted by Crippen LogP contribution is -2.29. The van der Waals surface area contributed by atoms with Gasteiger partial charge in [0.2, 0.25) is 5.91 Å². The third kappa shape index (κ3) is 5.21. The zero-order valence-electron chi connectivity index (χ0n) is 11.1. The van der Waals surface area contributed by atoms with Gasteiger partial charge >= 0.3 is 0 Å².